The van der Waals surface area contributed by atoms with Gasteiger partial charge in [0.05, 0.1) is 19.4 Å². The van der Waals surface area contributed by atoms with E-state index >= 15 is 0 Å². The Balaban J connectivity index is 1.86. The molecule has 2 fully saturated rings. The van der Waals surface area contributed by atoms with E-state index in [0.717, 1.165) is 19.2 Å². The van der Waals surface area contributed by atoms with E-state index in [4.69, 9.17) is 4.74 Å². The van der Waals surface area contributed by atoms with Gasteiger partial charge in [0.15, 0.2) is 5.60 Å². The number of hydrogen-bond acceptors (Lipinski definition) is 5. The van der Waals surface area contributed by atoms with Crippen LogP contribution >= 0.6 is 0 Å². The Hall–Kier alpha value is -1.19. The van der Waals surface area contributed by atoms with Crippen molar-refractivity contribution < 1.29 is 22.7 Å². The predicted molar refractivity (Wildman–Crippen MR) is 79.6 cm³/mol. The number of carbonyl (C=O) groups excluding carboxylic acids is 2. The van der Waals surface area contributed by atoms with Gasteiger partial charge in [0.25, 0.3) is 5.91 Å². The topological polar surface area (TPSA) is 96.0 Å². The van der Waals surface area contributed by atoms with Crippen molar-refractivity contribution in [2.24, 2.45) is 0 Å². The minimum Gasteiger partial charge on any atom is -0.363 e. The van der Waals surface area contributed by atoms with E-state index in [9.17, 15) is 18.0 Å². The maximum absolute atomic E-state index is 12.3. The summed E-state index contributed by atoms with van der Waals surface area (Å²) in [5.74, 6) is -0.245. The van der Waals surface area contributed by atoms with E-state index in [0.29, 0.717) is 19.5 Å². The number of ether oxygens (including phenoxy) is 1. The third-order valence-corrected chi connectivity index (χ3v) is 5.28. The maximum atomic E-state index is 12.3. The van der Waals surface area contributed by atoms with Gasteiger partial charge in [-0.05, 0) is 13.3 Å². The van der Waals surface area contributed by atoms with Crippen LogP contribution in [0.4, 0.5) is 0 Å². The molecule has 22 heavy (non-hydrogen) atoms. The molecule has 1 atom stereocenters. The molecule has 2 aliphatic heterocycles. The fourth-order valence-electron chi connectivity index (χ4n) is 2.69. The molecule has 2 saturated heterocycles. The van der Waals surface area contributed by atoms with Crippen molar-refractivity contribution in [2.45, 2.75) is 25.4 Å². The van der Waals surface area contributed by atoms with Gasteiger partial charge in [-0.3, -0.25) is 9.59 Å². The lowest BCUT2D eigenvalue weighted by Crippen LogP contribution is -2.59. The summed E-state index contributed by atoms with van der Waals surface area (Å²) in [4.78, 5) is 25.5. The average Bonchev–Trinajstić information content (AvgIpc) is 2.83. The van der Waals surface area contributed by atoms with Crippen LogP contribution in [-0.4, -0.2) is 80.6 Å². The highest BCUT2D eigenvalue weighted by atomic mass is 32.2. The van der Waals surface area contributed by atoms with Crippen molar-refractivity contribution in [1.29, 1.82) is 0 Å². The highest BCUT2D eigenvalue weighted by molar-refractivity contribution is 7.88. The van der Waals surface area contributed by atoms with E-state index in [1.807, 2.05) is 0 Å². The number of nitrogens with one attached hydrogen (secondary N) is 1. The van der Waals surface area contributed by atoms with Crippen molar-refractivity contribution in [3.05, 3.63) is 0 Å². The molecule has 0 saturated carbocycles. The normalized spacial score (nSPS) is 27.2. The second kappa shape index (κ2) is 6.51. The van der Waals surface area contributed by atoms with E-state index in [1.165, 1.54) is 4.31 Å². The van der Waals surface area contributed by atoms with Crippen molar-refractivity contribution >= 4 is 21.8 Å². The third-order valence-electron chi connectivity index (χ3n) is 4.03. The zero-order valence-electron chi connectivity index (χ0n) is 13.0. The molecule has 2 heterocycles. The van der Waals surface area contributed by atoms with Crippen molar-refractivity contribution in [3.63, 3.8) is 0 Å². The van der Waals surface area contributed by atoms with Crippen LogP contribution in [0.1, 0.15) is 19.8 Å². The minimum absolute atomic E-state index is 0.000309. The summed E-state index contributed by atoms with van der Waals surface area (Å²) in [7, 11) is -3.35. The molecule has 0 aromatic rings. The van der Waals surface area contributed by atoms with Crippen LogP contribution < -0.4 is 5.32 Å². The molecule has 8 nitrogen and oxygen atoms in total. The Labute approximate surface area is 130 Å². The zero-order chi connectivity index (χ0) is 16.4. The Morgan fingerprint density at radius 3 is 2.73 bits per heavy atom. The molecule has 9 heteroatoms. The van der Waals surface area contributed by atoms with Crippen molar-refractivity contribution in [1.82, 2.24) is 14.5 Å². The standard InChI is InChI=1S/C13H23N3O5S/c1-13(10-16(8-9-21-13)22(2,19)20)12(18)14-5-7-15-6-3-4-11(15)17/h3-10H2,1-2H3,(H,14,18)/t13-/m1/s1. The molecule has 0 aromatic heterocycles. The molecule has 126 valence electrons. The summed E-state index contributed by atoms with van der Waals surface area (Å²) in [6.45, 7) is 3.55. The number of sulfonamides is 1. The first-order chi connectivity index (χ1) is 10.2. The highest BCUT2D eigenvalue weighted by Gasteiger charge is 2.41. The SMILES string of the molecule is C[C@]1(C(=O)NCCN2CCCC2=O)CN(S(C)(=O)=O)CCO1. The van der Waals surface area contributed by atoms with E-state index in [1.54, 1.807) is 11.8 Å². The number of rotatable bonds is 5. The first-order valence-electron chi connectivity index (χ1n) is 7.37. The lowest BCUT2D eigenvalue weighted by Gasteiger charge is -2.38. The number of likely N-dealkylation sites (tertiary alicyclic amines) is 1. The van der Waals surface area contributed by atoms with Crippen LogP contribution in [0.15, 0.2) is 0 Å². The second-order valence-electron chi connectivity index (χ2n) is 5.92. The number of carbonyl (C=O) groups is 2. The van der Waals surface area contributed by atoms with Crippen molar-refractivity contribution in [3.8, 4) is 0 Å². The van der Waals surface area contributed by atoms with Gasteiger partial charge in [0.2, 0.25) is 15.9 Å². The van der Waals surface area contributed by atoms with Crippen LogP contribution in [0, 0.1) is 0 Å². The molecule has 0 bridgehead atoms. The average molecular weight is 333 g/mol. The van der Waals surface area contributed by atoms with Crippen LogP contribution in [0.2, 0.25) is 0 Å². The summed E-state index contributed by atoms with van der Waals surface area (Å²) < 4.78 is 30.0. The summed E-state index contributed by atoms with van der Waals surface area (Å²) in [5.41, 5.74) is -1.20. The van der Waals surface area contributed by atoms with Crippen LogP contribution in [0.25, 0.3) is 0 Å². The first kappa shape index (κ1) is 17.2. The Morgan fingerprint density at radius 1 is 1.41 bits per heavy atom. The number of morpholine rings is 1. The molecule has 2 aliphatic rings. The summed E-state index contributed by atoms with van der Waals surface area (Å²) >= 11 is 0. The van der Waals surface area contributed by atoms with Gasteiger partial charge in [-0.2, -0.15) is 4.31 Å². The second-order valence-corrected chi connectivity index (χ2v) is 7.90. The Morgan fingerprint density at radius 2 is 2.14 bits per heavy atom. The van der Waals surface area contributed by atoms with Crippen LogP contribution in [0.3, 0.4) is 0 Å². The quantitative estimate of drug-likeness (QED) is 0.680. The maximum Gasteiger partial charge on any atom is 0.253 e. The molecule has 0 aromatic carbocycles. The minimum atomic E-state index is -3.35. The molecule has 1 N–H and O–H groups in total. The molecular weight excluding hydrogens is 310 g/mol. The number of amides is 2. The van der Waals surface area contributed by atoms with E-state index in [-0.39, 0.29) is 31.5 Å². The summed E-state index contributed by atoms with van der Waals surface area (Å²) in [6.07, 6.45) is 2.55. The zero-order valence-corrected chi connectivity index (χ0v) is 13.8. The number of nitrogens with zero attached hydrogens (tertiary/aromatic N) is 2. The smallest absolute Gasteiger partial charge is 0.253 e. The van der Waals surface area contributed by atoms with Crippen LogP contribution in [0.5, 0.6) is 0 Å². The van der Waals surface area contributed by atoms with E-state index < -0.39 is 15.6 Å². The Kier molecular flexibility index (Phi) is 5.08. The lowest BCUT2D eigenvalue weighted by molar-refractivity contribution is -0.152. The fourth-order valence-corrected chi connectivity index (χ4v) is 3.57. The molecule has 0 aliphatic carbocycles. The van der Waals surface area contributed by atoms with Gasteiger partial charge < -0.3 is 15.0 Å². The Bertz CT molecular complexity index is 550. The molecule has 0 unspecified atom stereocenters. The van der Waals surface area contributed by atoms with Gasteiger partial charge in [-0.1, -0.05) is 0 Å². The van der Waals surface area contributed by atoms with Crippen molar-refractivity contribution in [2.75, 3.05) is 45.6 Å². The van der Waals surface area contributed by atoms with Gasteiger partial charge in [0, 0.05) is 32.6 Å². The predicted octanol–water partition coefficient (Wildman–Crippen LogP) is -1.22. The van der Waals surface area contributed by atoms with Gasteiger partial charge in [-0.15, -0.1) is 0 Å². The largest absolute Gasteiger partial charge is 0.363 e. The van der Waals surface area contributed by atoms with Crippen LogP contribution in [-0.2, 0) is 24.3 Å². The molecule has 0 spiro atoms. The molecule has 0 radical (unpaired) electrons. The van der Waals surface area contributed by atoms with Gasteiger partial charge in [0.1, 0.15) is 0 Å². The van der Waals surface area contributed by atoms with Gasteiger partial charge >= 0.3 is 0 Å². The molecule has 2 rings (SSSR count). The molecule has 2 amide bonds. The summed E-state index contributed by atoms with van der Waals surface area (Å²) in [5, 5.41) is 2.73. The third kappa shape index (κ3) is 3.96. The highest BCUT2D eigenvalue weighted by Crippen LogP contribution is 2.19. The summed E-state index contributed by atoms with van der Waals surface area (Å²) in [6, 6.07) is 0. The first-order valence-corrected chi connectivity index (χ1v) is 9.22. The van der Waals surface area contributed by atoms with E-state index in [2.05, 4.69) is 5.32 Å². The lowest BCUT2D eigenvalue weighted by atomic mass is 10.0. The molecular formula is C13H23N3O5S. The number of hydrogen-bond donors (Lipinski definition) is 1. The van der Waals surface area contributed by atoms with Gasteiger partial charge in [-0.25, -0.2) is 8.42 Å². The monoisotopic (exact) mass is 333 g/mol. The fraction of sp³-hybridized carbons (Fsp3) is 0.846.